The molecule has 27 heavy (non-hydrogen) atoms. The normalized spacial score (nSPS) is 17.3. The molecule has 8 heteroatoms. The van der Waals surface area contributed by atoms with Crippen LogP contribution < -0.4 is 10.2 Å². The van der Waals surface area contributed by atoms with Crippen LogP contribution in [0.25, 0.3) is 11.4 Å². The third-order valence-corrected chi connectivity index (χ3v) is 5.51. The van der Waals surface area contributed by atoms with Crippen molar-refractivity contribution >= 4 is 5.82 Å². The molecule has 0 bridgehead atoms. The molecule has 0 amide bonds. The number of aryl methyl sites for hydroxylation is 1. The molecule has 0 unspecified atom stereocenters. The molecule has 1 fully saturated rings. The zero-order chi connectivity index (χ0) is 18.2. The second-order valence-corrected chi connectivity index (χ2v) is 7.20. The predicted octanol–water partition coefficient (Wildman–Crippen LogP) is 1.65. The van der Waals surface area contributed by atoms with Crippen LogP contribution in [0.4, 0.5) is 5.82 Å². The van der Waals surface area contributed by atoms with E-state index in [0.717, 1.165) is 67.7 Å². The molecular weight excluding hydrogens is 340 g/mol. The first kappa shape index (κ1) is 16.3. The Morgan fingerprint density at radius 2 is 1.89 bits per heavy atom. The van der Waals surface area contributed by atoms with E-state index in [0.29, 0.717) is 5.92 Å². The number of hydrogen-bond donors (Lipinski definition) is 1. The second kappa shape index (κ2) is 6.70. The molecule has 0 saturated carbocycles. The van der Waals surface area contributed by atoms with Crippen molar-refractivity contribution < 1.29 is 0 Å². The highest BCUT2D eigenvalue weighted by atomic mass is 15.3. The molecule has 138 valence electrons. The molecule has 0 spiro atoms. The zero-order valence-corrected chi connectivity index (χ0v) is 15.3. The number of anilines is 1. The molecule has 0 atom stereocenters. The summed E-state index contributed by atoms with van der Waals surface area (Å²) in [5.74, 6) is 3.40. The molecular formula is C19H22N8. The lowest BCUT2D eigenvalue weighted by atomic mass is 9.95. The highest BCUT2D eigenvalue weighted by molar-refractivity contribution is 5.61. The van der Waals surface area contributed by atoms with Crippen molar-refractivity contribution in [1.29, 1.82) is 0 Å². The van der Waals surface area contributed by atoms with E-state index in [1.165, 1.54) is 5.56 Å². The lowest BCUT2D eigenvalue weighted by molar-refractivity contribution is 0.471. The molecule has 2 aliphatic heterocycles. The second-order valence-electron chi connectivity index (χ2n) is 7.20. The van der Waals surface area contributed by atoms with Gasteiger partial charge in [-0.1, -0.05) is 0 Å². The SMILES string of the molecule is Cn1cnnc1C1CCN(c2nc(-c3ccncc3)nc3c2CNC3)CC1. The third kappa shape index (κ3) is 2.95. The maximum Gasteiger partial charge on any atom is 0.161 e. The van der Waals surface area contributed by atoms with Crippen molar-refractivity contribution in [2.75, 3.05) is 18.0 Å². The average Bonchev–Trinajstić information content (AvgIpc) is 3.37. The minimum atomic E-state index is 0.460. The number of pyridine rings is 1. The van der Waals surface area contributed by atoms with Gasteiger partial charge in [0.05, 0.1) is 5.69 Å². The smallest absolute Gasteiger partial charge is 0.161 e. The number of aromatic nitrogens is 6. The highest BCUT2D eigenvalue weighted by Gasteiger charge is 2.28. The fraction of sp³-hybridized carbons (Fsp3) is 0.421. The largest absolute Gasteiger partial charge is 0.356 e. The van der Waals surface area contributed by atoms with Crippen LogP contribution in [0.1, 0.15) is 35.8 Å². The standard InChI is InChI=1S/C19H22N8/c1-26-12-22-25-18(26)14-4-8-27(9-5-14)19-15-10-21-11-16(15)23-17(24-19)13-2-6-20-7-3-13/h2-3,6-7,12,14,21H,4-5,8-11H2,1H3. The molecule has 1 N–H and O–H groups in total. The lowest BCUT2D eigenvalue weighted by Gasteiger charge is -2.33. The van der Waals surface area contributed by atoms with Gasteiger partial charge >= 0.3 is 0 Å². The van der Waals surface area contributed by atoms with Gasteiger partial charge in [-0.2, -0.15) is 0 Å². The molecule has 3 aromatic rings. The van der Waals surface area contributed by atoms with Crippen LogP contribution in [0.15, 0.2) is 30.9 Å². The first-order valence-electron chi connectivity index (χ1n) is 9.39. The van der Waals surface area contributed by atoms with Crippen molar-refractivity contribution in [3.8, 4) is 11.4 Å². The van der Waals surface area contributed by atoms with Crippen molar-refractivity contribution in [2.24, 2.45) is 7.05 Å². The Hall–Kier alpha value is -2.87. The first-order chi connectivity index (χ1) is 13.3. The fourth-order valence-corrected chi connectivity index (χ4v) is 4.05. The molecule has 5 rings (SSSR count). The number of fused-ring (bicyclic) bond motifs is 1. The van der Waals surface area contributed by atoms with E-state index in [1.807, 2.05) is 23.7 Å². The number of nitrogens with zero attached hydrogens (tertiary/aromatic N) is 7. The summed E-state index contributed by atoms with van der Waals surface area (Å²) in [6.45, 7) is 3.58. The maximum atomic E-state index is 4.96. The van der Waals surface area contributed by atoms with Crippen molar-refractivity contribution in [2.45, 2.75) is 31.8 Å². The Kier molecular flexibility index (Phi) is 4.05. The van der Waals surface area contributed by atoms with Gasteiger partial charge in [-0.05, 0) is 25.0 Å². The van der Waals surface area contributed by atoms with Crippen molar-refractivity contribution in [1.82, 2.24) is 35.0 Å². The molecule has 2 aliphatic rings. The van der Waals surface area contributed by atoms with Crippen LogP contribution in [-0.4, -0.2) is 42.8 Å². The summed E-state index contributed by atoms with van der Waals surface area (Å²) in [6.07, 6.45) is 7.48. The van der Waals surface area contributed by atoms with Gasteiger partial charge < -0.3 is 14.8 Å². The van der Waals surface area contributed by atoms with Gasteiger partial charge in [-0.25, -0.2) is 9.97 Å². The summed E-state index contributed by atoms with van der Waals surface area (Å²) in [5, 5.41) is 11.8. The van der Waals surface area contributed by atoms with Crippen LogP contribution in [0.2, 0.25) is 0 Å². The van der Waals surface area contributed by atoms with E-state index in [1.54, 1.807) is 18.7 Å². The summed E-state index contributed by atoms with van der Waals surface area (Å²) in [5.41, 5.74) is 3.36. The van der Waals surface area contributed by atoms with Gasteiger partial charge in [0.25, 0.3) is 0 Å². The average molecular weight is 362 g/mol. The lowest BCUT2D eigenvalue weighted by Crippen LogP contribution is -2.35. The van der Waals surface area contributed by atoms with Gasteiger partial charge in [-0.15, -0.1) is 10.2 Å². The Labute approximate surface area is 157 Å². The zero-order valence-electron chi connectivity index (χ0n) is 15.3. The maximum absolute atomic E-state index is 4.96. The van der Waals surface area contributed by atoms with Gasteiger partial charge in [0.15, 0.2) is 5.82 Å². The van der Waals surface area contributed by atoms with Crippen LogP contribution in [-0.2, 0) is 20.1 Å². The Morgan fingerprint density at radius 3 is 2.63 bits per heavy atom. The van der Waals surface area contributed by atoms with E-state index in [-0.39, 0.29) is 0 Å². The van der Waals surface area contributed by atoms with Gasteiger partial charge in [-0.3, -0.25) is 4.98 Å². The first-order valence-corrected chi connectivity index (χ1v) is 9.39. The fourth-order valence-electron chi connectivity index (χ4n) is 4.05. The summed E-state index contributed by atoms with van der Waals surface area (Å²) >= 11 is 0. The number of hydrogen-bond acceptors (Lipinski definition) is 7. The van der Waals surface area contributed by atoms with E-state index >= 15 is 0 Å². The van der Waals surface area contributed by atoms with E-state index in [2.05, 4.69) is 25.4 Å². The number of piperidine rings is 1. The topological polar surface area (TPSA) is 84.7 Å². The van der Waals surface area contributed by atoms with Crippen LogP contribution >= 0.6 is 0 Å². The minimum absolute atomic E-state index is 0.460. The highest BCUT2D eigenvalue weighted by Crippen LogP contribution is 2.33. The van der Waals surface area contributed by atoms with E-state index < -0.39 is 0 Å². The number of rotatable bonds is 3. The molecule has 3 aromatic heterocycles. The monoisotopic (exact) mass is 362 g/mol. The molecule has 0 aromatic carbocycles. The van der Waals surface area contributed by atoms with Crippen LogP contribution in [0.5, 0.6) is 0 Å². The quantitative estimate of drug-likeness (QED) is 0.758. The van der Waals surface area contributed by atoms with Crippen LogP contribution in [0, 0.1) is 0 Å². The molecule has 5 heterocycles. The summed E-state index contributed by atoms with van der Waals surface area (Å²) in [7, 11) is 2.02. The third-order valence-electron chi connectivity index (χ3n) is 5.51. The molecule has 8 nitrogen and oxygen atoms in total. The summed E-state index contributed by atoms with van der Waals surface area (Å²) in [4.78, 5) is 16.3. The molecule has 0 aliphatic carbocycles. The van der Waals surface area contributed by atoms with Gasteiger partial charge in [0, 0.05) is 62.7 Å². The van der Waals surface area contributed by atoms with Crippen molar-refractivity contribution in [3.63, 3.8) is 0 Å². The molecule has 0 radical (unpaired) electrons. The van der Waals surface area contributed by atoms with Crippen LogP contribution in [0.3, 0.4) is 0 Å². The summed E-state index contributed by atoms with van der Waals surface area (Å²) in [6, 6.07) is 3.93. The van der Waals surface area contributed by atoms with Gasteiger partial charge in [0.1, 0.15) is 18.0 Å². The van der Waals surface area contributed by atoms with E-state index in [4.69, 9.17) is 9.97 Å². The Bertz CT molecular complexity index is 944. The van der Waals surface area contributed by atoms with Crippen molar-refractivity contribution in [3.05, 3.63) is 47.9 Å². The predicted molar refractivity (Wildman–Crippen MR) is 101 cm³/mol. The van der Waals surface area contributed by atoms with E-state index in [9.17, 15) is 0 Å². The van der Waals surface area contributed by atoms with Gasteiger partial charge in [0.2, 0.25) is 0 Å². The Balaban J connectivity index is 1.44. The number of nitrogens with one attached hydrogen (secondary N) is 1. The minimum Gasteiger partial charge on any atom is -0.356 e. The summed E-state index contributed by atoms with van der Waals surface area (Å²) < 4.78 is 2.04. The molecule has 1 saturated heterocycles. The Morgan fingerprint density at radius 1 is 1.07 bits per heavy atom.